The van der Waals surface area contributed by atoms with E-state index in [0.29, 0.717) is 10.6 Å². The Morgan fingerprint density at radius 3 is 1.98 bits per heavy atom. The average Bonchev–Trinajstić information content (AvgIpc) is 2.80. The number of carbonyl (C=O) groups excluding carboxylic acids is 2. The summed E-state index contributed by atoms with van der Waals surface area (Å²) in [5, 5.41) is 16.3. The summed E-state index contributed by atoms with van der Waals surface area (Å²) in [5.41, 5.74) is -2.18. The highest BCUT2D eigenvalue weighted by Crippen LogP contribution is 2.48. The van der Waals surface area contributed by atoms with Crippen molar-refractivity contribution in [2.45, 2.75) is 89.4 Å². The molecule has 11 heteroatoms. The zero-order valence-corrected chi connectivity index (χ0v) is 26.3. The van der Waals surface area contributed by atoms with Crippen LogP contribution in [-0.4, -0.2) is 48.0 Å². The summed E-state index contributed by atoms with van der Waals surface area (Å²) < 4.78 is 37.6. The average molecular weight is 607 g/mol. The van der Waals surface area contributed by atoms with E-state index in [9.17, 15) is 23.1 Å². The van der Waals surface area contributed by atoms with Crippen LogP contribution in [0, 0.1) is 18.8 Å². The molecule has 1 aliphatic carbocycles. The first-order chi connectivity index (χ1) is 18.7. The predicted octanol–water partition coefficient (Wildman–Crippen LogP) is 5.14. The lowest BCUT2D eigenvalue weighted by Crippen LogP contribution is -2.56. The van der Waals surface area contributed by atoms with Crippen molar-refractivity contribution < 1.29 is 32.6 Å². The standard InChI is InChI=1S/C30H39ClN2O7S/c1-18-9-15-21(16-10-18)41(37,38)33-32-22-17-30(8,36)25(27(35)40-29(5,6)7)23(19-11-13-20(31)14-12-19)24(22)26(34)39-28(2,3)4/h9-16,23-25,33,36H,17H2,1-8H3/b32-22-/t23-,24+,25-,30-/m0/s1. The lowest BCUT2D eigenvalue weighted by molar-refractivity contribution is -0.175. The second kappa shape index (κ2) is 11.7. The number of sulfonamides is 1. The van der Waals surface area contributed by atoms with Gasteiger partial charge in [-0.05, 0) is 85.2 Å². The summed E-state index contributed by atoms with van der Waals surface area (Å²) in [6.07, 6.45) is -0.304. The maximum absolute atomic E-state index is 13.8. The van der Waals surface area contributed by atoms with E-state index in [-0.39, 0.29) is 17.0 Å². The van der Waals surface area contributed by atoms with Crippen LogP contribution in [0.5, 0.6) is 0 Å². The summed E-state index contributed by atoms with van der Waals surface area (Å²) >= 11 is 6.14. The molecule has 2 aromatic rings. The van der Waals surface area contributed by atoms with Crippen molar-refractivity contribution in [2.24, 2.45) is 16.9 Å². The van der Waals surface area contributed by atoms with Crippen molar-refractivity contribution in [3.05, 3.63) is 64.7 Å². The number of aliphatic hydroxyl groups is 1. The molecule has 0 amide bonds. The number of carbonyl (C=O) groups is 2. The molecule has 4 atom stereocenters. The van der Waals surface area contributed by atoms with Crippen molar-refractivity contribution in [1.82, 2.24) is 4.83 Å². The van der Waals surface area contributed by atoms with Gasteiger partial charge in [-0.1, -0.05) is 41.4 Å². The highest BCUT2D eigenvalue weighted by molar-refractivity contribution is 7.89. The summed E-state index contributed by atoms with van der Waals surface area (Å²) in [7, 11) is -4.12. The third-order valence-corrected chi connectivity index (χ3v) is 7.98. The molecule has 1 aliphatic rings. The molecule has 0 aromatic heterocycles. The Labute approximate surface area is 247 Å². The van der Waals surface area contributed by atoms with E-state index < -0.39 is 56.5 Å². The molecular formula is C30H39ClN2O7S. The van der Waals surface area contributed by atoms with E-state index in [1.807, 2.05) is 6.92 Å². The molecule has 0 bridgehead atoms. The number of nitrogens with zero attached hydrogens (tertiary/aromatic N) is 1. The molecule has 3 rings (SSSR count). The number of nitrogens with one attached hydrogen (secondary N) is 1. The lowest BCUT2D eigenvalue weighted by atomic mass is 9.61. The second-order valence-corrected chi connectivity index (χ2v) is 14.7. The van der Waals surface area contributed by atoms with Crippen molar-refractivity contribution in [1.29, 1.82) is 0 Å². The molecule has 224 valence electrons. The molecule has 2 aromatic carbocycles. The fourth-order valence-corrected chi connectivity index (χ4v) is 5.82. The minimum atomic E-state index is -4.12. The van der Waals surface area contributed by atoms with Gasteiger partial charge in [0.2, 0.25) is 0 Å². The molecule has 9 nitrogen and oxygen atoms in total. The van der Waals surface area contributed by atoms with E-state index in [2.05, 4.69) is 9.93 Å². The van der Waals surface area contributed by atoms with Crippen LogP contribution in [0.25, 0.3) is 0 Å². The van der Waals surface area contributed by atoms with E-state index in [1.165, 1.54) is 19.1 Å². The van der Waals surface area contributed by atoms with Crippen molar-refractivity contribution in [2.75, 3.05) is 0 Å². The third-order valence-electron chi connectivity index (χ3n) is 6.50. The Hall–Kier alpha value is -2.95. The van der Waals surface area contributed by atoms with E-state index in [1.54, 1.807) is 77.9 Å². The topological polar surface area (TPSA) is 131 Å². The van der Waals surface area contributed by atoms with Gasteiger partial charge in [0.15, 0.2) is 0 Å². The van der Waals surface area contributed by atoms with Crippen LogP contribution in [-0.2, 0) is 29.1 Å². The fourth-order valence-electron chi connectivity index (χ4n) is 4.85. The van der Waals surface area contributed by atoms with E-state index in [0.717, 1.165) is 5.56 Å². The lowest BCUT2D eigenvalue weighted by Gasteiger charge is -2.46. The van der Waals surface area contributed by atoms with Gasteiger partial charge in [0.05, 0.1) is 22.1 Å². The second-order valence-electron chi connectivity index (χ2n) is 12.6. The SMILES string of the molecule is Cc1ccc(S(=O)(=O)N/N=C2/C[C@](C)(O)[C@H](C(=O)OC(C)(C)C)[C@@H](c3ccc(Cl)cc3)[C@@H]2C(=O)OC(C)(C)C)cc1. The van der Waals surface area contributed by atoms with Crippen LogP contribution >= 0.6 is 11.6 Å². The highest BCUT2D eigenvalue weighted by Gasteiger charge is 2.57. The van der Waals surface area contributed by atoms with Crippen molar-refractivity contribution >= 4 is 39.3 Å². The number of halogens is 1. The van der Waals surface area contributed by atoms with Gasteiger partial charge < -0.3 is 14.6 Å². The van der Waals surface area contributed by atoms with Crippen LogP contribution in [0.4, 0.5) is 0 Å². The summed E-state index contributed by atoms with van der Waals surface area (Å²) in [6.45, 7) is 13.5. The smallest absolute Gasteiger partial charge is 0.315 e. The molecule has 41 heavy (non-hydrogen) atoms. The number of aryl methyl sites for hydroxylation is 1. The van der Waals surface area contributed by atoms with Gasteiger partial charge in [-0.15, -0.1) is 0 Å². The number of esters is 2. The van der Waals surface area contributed by atoms with Gasteiger partial charge >= 0.3 is 11.9 Å². The van der Waals surface area contributed by atoms with Gasteiger partial charge in [0.25, 0.3) is 10.0 Å². The fraction of sp³-hybridized carbons (Fsp3) is 0.500. The number of hydrogen-bond acceptors (Lipinski definition) is 8. The molecule has 0 saturated heterocycles. The zero-order chi connectivity index (χ0) is 31.0. The Balaban J connectivity index is 2.21. The summed E-state index contributed by atoms with van der Waals surface area (Å²) in [6, 6.07) is 12.7. The van der Waals surface area contributed by atoms with Gasteiger partial charge in [-0.2, -0.15) is 13.5 Å². The van der Waals surface area contributed by atoms with Crippen LogP contribution in [0.2, 0.25) is 5.02 Å². The maximum atomic E-state index is 13.8. The third kappa shape index (κ3) is 8.30. The van der Waals surface area contributed by atoms with Crippen LogP contribution in [0.15, 0.2) is 58.5 Å². The minimum Gasteiger partial charge on any atom is -0.460 e. The Bertz CT molecular complexity index is 1400. The molecule has 0 unspecified atom stereocenters. The van der Waals surface area contributed by atoms with Crippen molar-refractivity contribution in [3.63, 3.8) is 0 Å². The molecule has 0 spiro atoms. The molecule has 1 saturated carbocycles. The van der Waals surface area contributed by atoms with Crippen molar-refractivity contribution in [3.8, 4) is 0 Å². The Kier molecular flexibility index (Phi) is 9.32. The predicted molar refractivity (Wildman–Crippen MR) is 157 cm³/mol. The summed E-state index contributed by atoms with van der Waals surface area (Å²) in [4.78, 5) is 29.7. The molecule has 0 radical (unpaired) electrons. The Morgan fingerprint density at radius 1 is 0.951 bits per heavy atom. The number of benzene rings is 2. The molecule has 0 heterocycles. The van der Waals surface area contributed by atoms with E-state index >= 15 is 0 Å². The van der Waals surface area contributed by atoms with Gasteiger partial charge in [-0.25, -0.2) is 4.83 Å². The molecular weight excluding hydrogens is 568 g/mol. The van der Waals surface area contributed by atoms with Crippen LogP contribution in [0.1, 0.15) is 71.9 Å². The number of rotatable bonds is 6. The number of ether oxygens (including phenoxy) is 2. The van der Waals surface area contributed by atoms with Gasteiger partial charge in [0, 0.05) is 17.4 Å². The van der Waals surface area contributed by atoms with Gasteiger partial charge in [0.1, 0.15) is 17.1 Å². The number of hydrogen-bond donors (Lipinski definition) is 2. The van der Waals surface area contributed by atoms with E-state index in [4.69, 9.17) is 21.1 Å². The molecule has 1 fully saturated rings. The maximum Gasteiger partial charge on any atom is 0.315 e. The minimum absolute atomic E-state index is 0.0136. The largest absolute Gasteiger partial charge is 0.460 e. The highest BCUT2D eigenvalue weighted by atomic mass is 35.5. The quantitative estimate of drug-likeness (QED) is 0.344. The summed E-state index contributed by atoms with van der Waals surface area (Å²) in [5.74, 6) is -4.93. The zero-order valence-electron chi connectivity index (χ0n) is 24.7. The Morgan fingerprint density at radius 2 is 1.46 bits per heavy atom. The normalized spacial score (nSPS) is 24.5. The number of hydrazone groups is 1. The first-order valence-corrected chi connectivity index (χ1v) is 15.1. The van der Waals surface area contributed by atoms with Crippen LogP contribution < -0.4 is 4.83 Å². The molecule has 2 N–H and O–H groups in total. The van der Waals surface area contributed by atoms with Gasteiger partial charge in [-0.3, -0.25) is 9.59 Å². The monoisotopic (exact) mass is 606 g/mol. The molecule has 0 aliphatic heterocycles. The first-order valence-electron chi connectivity index (χ1n) is 13.3. The first kappa shape index (κ1) is 32.6. The van der Waals surface area contributed by atoms with Crippen LogP contribution in [0.3, 0.4) is 0 Å².